The van der Waals surface area contributed by atoms with Crippen molar-refractivity contribution in [2.45, 2.75) is 70.2 Å². The maximum Gasteiger partial charge on any atom is 0.225 e. The second-order valence-corrected chi connectivity index (χ2v) is 12.2. The summed E-state index contributed by atoms with van der Waals surface area (Å²) in [6.07, 6.45) is 2.21. The van der Waals surface area contributed by atoms with Gasteiger partial charge in [-0.25, -0.2) is 0 Å². The average Bonchev–Trinajstić information content (AvgIpc) is 3.84. The molecule has 0 bridgehead atoms. The van der Waals surface area contributed by atoms with Gasteiger partial charge in [-0.2, -0.15) is 9.97 Å². The van der Waals surface area contributed by atoms with Gasteiger partial charge in [0.25, 0.3) is 0 Å². The molecule has 1 amide bonds. The summed E-state index contributed by atoms with van der Waals surface area (Å²) in [5.74, 6) is 2.79. The van der Waals surface area contributed by atoms with Gasteiger partial charge in [-0.1, -0.05) is 60.7 Å². The molecule has 1 aromatic heterocycles. The van der Waals surface area contributed by atoms with Crippen molar-refractivity contribution in [2.24, 2.45) is 0 Å². The fourth-order valence-corrected chi connectivity index (χ4v) is 6.71. The average molecular weight is 643 g/mol. The van der Waals surface area contributed by atoms with Crippen LogP contribution in [0.3, 0.4) is 0 Å². The summed E-state index contributed by atoms with van der Waals surface area (Å²) in [7, 11) is 1.69. The van der Waals surface area contributed by atoms with Crippen LogP contribution in [0.15, 0.2) is 60.7 Å². The van der Waals surface area contributed by atoms with Crippen molar-refractivity contribution in [1.82, 2.24) is 24.7 Å². The minimum atomic E-state index is -0.0111. The summed E-state index contributed by atoms with van der Waals surface area (Å²) in [5, 5.41) is 0. The number of hydrogen-bond donors (Lipinski definition) is 0. The summed E-state index contributed by atoms with van der Waals surface area (Å²) < 4.78 is 12.2. The molecule has 0 radical (unpaired) electrons. The zero-order chi connectivity index (χ0) is 29.2. The SMILES string of the molecule is COc1nc(C2CC2)nc(OC(C)C)c1CN1CC2CN(C(C)=O)CCN2C(C(c2ccccc2)c2ccccc2)C1.Cl.Cl. The molecule has 0 spiro atoms. The predicted molar refractivity (Wildman–Crippen MR) is 177 cm³/mol. The Morgan fingerprint density at radius 1 is 0.886 bits per heavy atom. The molecule has 2 aromatic carbocycles. The fraction of sp³-hybridized carbons (Fsp3) is 0.500. The Kier molecular flexibility index (Phi) is 11.5. The third kappa shape index (κ3) is 7.48. The molecule has 3 aromatic rings. The number of methoxy groups -OCH3 is 1. The molecule has 1 aliphatic carbocycles. The molecule has 1 saturated carbocycles. The van der Waals surface area contributed by atoms with E-state index in [1.807, 2.05) is 18.7 Å². The number of carbonyl (C=O) groups excluding carboxylic acids is 1. The maximum atomic E-state index is 12.5. The Balaban J connectivity index is 0.00000221. The van der Waals surface area contributed by atoms with E-state index >= 15 is 0 Å². The standard InChI is InChI=1S/C34H43N5O3.2ClH/c1-23(2)42-34-29(33(41-4)35-32(36-34)27-15-16-27)21-37-19-28-20-38(24(3)40)17-18-39(28)30(22-37)31(25-11-7-5-8-12-25)26-13-9-6-10-14-26;;/h5-14,23,27-28,30-31H,15-22H2,1-4H3;2*1H. The van der Waals surface area contributed by atoms with E-state index in [2.05, 4.69) is 70.5 Å². The third-order valence-corrected chi connectivity index (χ3v) is 8.83. The normalized spacial score (nSPS) is 20.5. The molecule has 2 unspecified atom stereocenters. The van der Waals surface area contributed by atoms with Crippen LogP contribution in [0, 0.1) is 0 Å². The molecule has 3 heterocycles. The van der Waals surface area contributed by atoms with Gasteiger partial charge < -0.3 is 14.4 Å². The van der Waals surface area contributed by atoms with Crippen LogP contribution >= 0.6 is 24.8 Å². The molecule has 10 heteroatoms. The number of piperazine rings is 2. The molecule has 6 rings (SSSR count). The van der Waals surface area contributed by atoms with Gasteiger partial charge in [-0.15, -0.1) is 24.8 Å². The summed E-state index contributed by atoms with van der Waals surface area (Å²) in [5.41, 5.74) is 3.52. The van der Waals surface area contributed by atoms with Gasteiger partial charge in [0, 0.05) is 70.1 Å². The van der Waals surface area contributed by atoms with Crippen molar-refractivity contribution in [3.05, 3.63) is 83.2 Å². The molecule has 238 valence electrons. The number of carbonyl (C=O) groups is 1. The molecule has 2 saturated heterocycles. The van der Waals surface area contributed by atoms with Gasteiger partial charge in [0.2, 0.25) is 17.7 Å². The number of aromatic nitrogens is 2. The highest BCUT2D eigenvalue weighted by molar-refractivity contribution is 5.85. The largest absolute Gasteiger partial charge is 0.481 e. The second-order valence-electron chi connectivity index (χ2n) is 12.2. The molecule has 44 heavy (non-hydrogen) atoms. The molecule has 2 aliphatic heterocycles. The number of hydrogen-bond acceptors (Lipinski definition) is 7. The first-order chi connectivity index (χ1) is 20.4. The van der Waals surface area contributed by atoms with Gasteiger partial charge in [0.1, 0.15) is 5.82 Å². The highest BCUT2D eigenvalue weighted by Gasteiger charge is 2.43. The molecular weight excluding hydrogens is 597 g/mol. The molecule has 2 atom stereocenters. The van der Waals surface area contributed by atoms with Crippen molar-refractivity contribution in [2.75, 3.05) is 39.8 Å². The van der Waals surface area contributed by atoms with Gasteiger partial charge in [-0.3, -0.25) is 14.6 Å². The predicted octanol–water partition coefficient (Wildman–Crippen LogP) is 5.54. The first kappa shape index (κ1) is 34.0. The van der Waals surface area contributed by atoms with Crippen LogP contribution in [0.1, 0.15) is 68.0 Å². The lowest BCUT2D eigenvalue weighted by molar-refractivity contribution is -0.134. The van der Waals surface area contributed by atoms with Gasteiger partial charge in [-0.05, 0) is 37.8 Å². The Morgan fingerprint density at radius 2 is 1.50 bits per heavy atom. The van der Waals surface area contributed by atoms with Crippen molar-refractivity contribution in [1.29, 1.82) is 0 Å². The lowest BCUT2D eigenvalue weighted by Crippen LogP contribution is -2.67. The fourth-order valence-electron chi connectivity index (χ4n) is 6.71. The van der Waals surface area contributed by atoms with E-state index in [0.717, 1.165) is 57.0 Å². The van der Waals surface area contributed by atoms with Crippen LogP contribution in [-0.4, -0.2) is 88.6 Å². The van der Waals surface area contributed by atoms with E-state index < -0.39 is 0 Å². The van der Waals surface area contributed by atoms with Crippen LogP contribution in [0.25, 0.3) is 0 Å². The molecule has 3 fully saturated rings. The van der Waals surface area contributed by atoms with E-state index in [4.69, 9.17) is 19.4 Å². The van der Waals surface area contributed by atoms with Crippen LogP contribution in [0.5, 0.6) is 11.8 Å². The minimum absolute atomic E-state index is 0. The van der Waals surface area contributed by atoms with Crippen LogP contribution in [0.4, 0.5) is 0 Å². The number of halogens is 2. The number of benzene rings is 2. The van der Waals surface area contributed by atoms with Crippen molar-refractivity contribution in [3.63, 3.8) is 0 Å². The van der Waals surface area contributed by atoms with E-state index in [-0.39, 0.29) is 54.8 Å². The number of fused-ring (bicyclic) bond motifs is 1. The van der Waals surface area contributed by atoms with Crippen LogP contribution in [0.2, 0.25) is 0 Å². The topological polar surface area (TPSA) is 71.0 Å². The van der Waals surface area contributed by atoms with Gasteiger partial charge in [0.15, 0.2) is 0 Å². The van der Waals surface area contributed by atoms with Crippen molar-refractivity contribution in [3.8, 4) is 11.8 Å². The number of nitrogens with zero attached hydrogens (tertiary/aromatic N) is 5. The number of rotatable bonds is 9. The lowest BCUT2D eigenvalue weighted by atomic mass is 9.81. The van der Waals surface area contributed by atoms with Crippen molar-refractivity contribution < 1.29 is 14.3 Å². The molecule has 3 aliphatic rings. The zero-order valence-corrected chi connectivity index (χ0v) is 27.7. The monoisotopic (exact) mass is 641 g/mol. The Labute approximate surface area is 274 Å². The number of ether oxygens (including phenoxy) is 2. The smallest absolute Gasteiger partial charge is 0.225 e. The van der Waals surface area contributed by atoms with Gasteiger partial charge in [0.05, 0.1) is 18.8 Å². The highest BCUT2D eigenvalue weighted by Crippen LogP contribution is 2.42. The summed E-state index contributed by atoms with van der Waals surface area (Å²) in [6, 6.07) is 22.1. The quantitative estimate of drug-likeness (QED) is 0.304. The summed E-state index contributed by atoms with van der Waals surface area (Å²) >= 11 is 0. The second kappa shape index (κ2) is 14.9. The van der Waals surface area contributed by atoms with E-state index in [1.165, 1.54) is 11.1 Å². The summed E-state index contributed by atoms with van der Waals surface area (Å²) in [6.45, 7) is 10.4. The number of amides is 1. The lowest BCUT2D eigenvalue weighted by Gasteiger charge is -2.53. The first-order valence-corrected chi connectivity index (χ1v) is 15.4. The van der Waals surface area contributed by atoms with Crippen LogP contribution < -0.4 is 9.47 Å². The van der Waals surface area contributed by atoms with Crippen molar-refractivity contribution >= 4 is 30.7 Å². The molecule has 0 N–H and O–H groups in total. The van der Waals surface area contributed by atoms with E-state index in [1.54, 1.807) is 14.0 Å². The Bertz CT molecular complexity index is 1340. The highest BCUT2D eigenvalue weighted by atomic mass is 35.5. The first-order valence-electron chi connectivity index (χ1n) is 15.4. The summed E-state index contributed by atoms with van der Waals surface area (Å²) in [4.78, 5) is 29.4. The van der Waals surface area contributed by atoms with Crippen LogP contribution in [-0.2, 0) is 11.3 Å². The molecular formula is C34H45Cl2N5O3. The Hall–Kier alpha value is -2.91. The van der Waals surface area contributed by atoms with E-state index in [9.17, 15) is 4.79 Å². The minimum Gasteiger partial charge on any atom is -0.481 e. The van der Waals surface area contributed by atoms with Gasteiger partial charge >= 0.3 is 0 Å². The Morgan fingerprint density at radius 3 is 2.05 bits per heavy atom. The van der Waals surface area contributed by atoms with E-state index in [0.29, 0.717) is 24.2 Å². The third-order valence-electron chi connectivity index (χ3n) is 8.83. The molecule has 8 nitrogen and oxygen atoms in total. The maximum absolute atomic E-state index is 12.5. The zero-order valence-electron chi connectivity index (χ0n) is 26.1.